The fraction of sp³-hybridized carbons (Fsp3) is 0.294. The molecule has 0 atom stereocenters. The summed E-state index contributed by atoms with van der Waals surface area (Å²) in [5.41, 5.74) is 1.67. The minimum Gasteiger partial charge on any atom is -0.384 e. The second kappa shape index (κ2) is 8.75. The third-order valence-corrected chi connectivity index (χ3v) is 3.94. The number of pyridine rings is 1. The zero-order valence-electron chi connectivity index (χ0n) is 12.9. The number of hydrogen-bond donors (Lipinski definition) is 2. The topological polar surface area (TPSA) is 54.0 Å². The van der Waals surface area contributed by atoms with E-state index < -0.39 is 0 Å². The summed E-state index contributed by atoms with van der Waals surface area (Å²) in [5.74, 6) is -0.301. The predicted molar refractivity (Wildman–Crippen MR) is 96.7 cm³/mol. The first-order chi connectivity index (χ1) is 11.1. The van der Waals surface area contributed by atoms with Gasteiger partial charge in [0.2, 0.25) is 0 Å². The number of nitrogens with one attached hydrogen (secondary N) is 2. The molecule has 2 N–H and O–H groups in total. The van der Waals surface area contributed by atoms with E-state index in [1.54, 1.807) is 30.5 Å². The number of nitrogens with zero attached hydrogens (tertiary/aromatic N) is 1. The Morgan fingerprint density at radius 1 is 1.17 bits per heavy atom. The number of rotatable bonds is 7. The first-order valence-electron chi connectivity index (χ1n) is 7.56. The Kier molecular flexibility index (Phi) is 6.68. The third-order valence-electron chi connectivity index (χ3n) is 3.31. The summed E-state index contributed by atoms with van der Waals surface area (Å²) in [6, 6.07) is 6.84. The molecule has 0 radical (unpaired) electrons. The van der Waals surface area contributed by atoms with Crippen LogP contribution in [0, 0.1) is 0 Å². The molecule has 0 aliphatic carbocycles. The second-order valence-electron chi connectivity index (χ2n) is 5.15. The molecule has 1 amide bonds. The zero-order chi connectivity index (χ0) is 16.7. The van der Waals surface area contributed by atoms with Crippen LogP contribution in [0.15, 0.2) is 36.7 Å². The molecular weight excluding hydrogens is 333 g/mol. The first-order valence-corrected chi connectivity index (χ1v) is 8.31. The van der Waals surface area contributed by atoms with E-state index in [9.17, 15) is 4.79 Å². The highest BCUT2D eigenvalue weighted by molar-refractivity contribution is 6.40. The number of carbonyl (C=O) groups excluding carboxylic acids is 1. The summed E-state index contributed by atoms with van der Waals surface area (Å²) in [6.07, 6.45) is 6.64. The number of benzene rings is 1. The van der Waals surface area contributed by atoms with Gasteiger partial charge in [-0.05, 0) is 24.6 Å². The van der Waals surface area contributed by atoms with Crippen LogP contribution in [0.3, 0.4) is 0 Å². The van der Waals surface area contributed by atoms with Crippen molar-refractivity contribution in [2.75, 3.05) is 17.2 Å². The van der Waals surface area contributed by atoms with Gasteiger partial charge in [-0.3, -0.25) is 9.78 Å². The van der Waals surface area contributed by atoms with Crippen molar-refractivity contribution in [1.82, 2.24) is 4.98 Å². The molecule has 6 heteroatoms. The zero-order valence-corrected chi connectivity index (χ0v) is 14.4. The molecule has 0 fully saturated rings. The summed E-state index contributed by atoms with van der Waals surface area (Å²) in [7, 11) is 0. The Labute approximate surface area is 146 Å². The molecule has 4 nitrogen and oxygen atoms in total. The van der Waals surface area contributed by atoms with Crippen LogP contribution in [0.4, 0.5) is 11.4 Å². The average molecular weight is 352 g/mol. The van der Waals surface area contributed by atoms with Gasteiger partial charge in [0.05, 0.1) is 27.0 Å². The predicted octanol–water partition coefficient (Wildman–Crippen LogP) is 5.24. The van der Waals surface area contributed by atoms with Crippen molar-refractivity contribution in [2.45, 2.75) is 26.2 Å². The van der Waals surface area contributed by atoms with Crippen LogP contribution in [-0.4, -0.2) is 17.4 Å². The smallest absolute Gasteiger partial charge is 0.257 e. The van der Waals surface area contributed by atoms with Crippen molar-refractivity contribution >= 4 is 40.5 Å². The molecule has 0 saturated carbocycles. The standard InChI is InChI=1S/C17H19Cl2N3O/c1-2-3-4-8-21-13-9-12(10-20-11-13)17(23)22-16-14(18)6-5-7-15(16)19/h5-7,9-11,21H,2-4,8H2,1H3,(H,22,23). The largest absolute Gasteiger partial charge is 0.384 e. The number of aromatic nitrogens is 1. The Morgan fingerprint density at radius 3 is 2.61 bits per heavy atom. The Balaban J connectivity index is 2.05. The SMILES string of the molecule is CCCCCNc1cncc(C(=O)Nc2c(Cl)cccc2Cl)c1. The number of carbonyl (C=O) groups is 1. The molecule has 0 saturated heterocycles. The lowest BCUT2D eigenvalue weighted by molar-refractivity contribution is 0.102. The van der Waals surface area contributed by atoms with Crippen LogP contribution >= 0.6 is 23.2 Å². The molecule has 1 aromatic carbocycles. The molecule has 2 aromatic rings. The molecule has 0 aliphatic heterocycles. The molecule has 0 unspecified atom stereocenters. The lowest BCUT2D eigenvalue weighted by Gasteiger charge is -2.10. The van der Waals surface area contributed by atoms with Crippen LogP contribution < -0.4 is 10.6 Å². The van der Waals surface area contributed by atoms with Gasteiger partial charge in [-0.15, -0.1) is 0 Å². The van der Waals surface area contributed by atoms with Gasteiger partial charge in [-0.2, -0.15) is 0 Å². The van der Waals surface area contributed by atoms with E-state index in [1.807, 2.05) is 0 Å². The van der Waals surface area contributed by atoms with Crippen molar-refractivity contribution in [3.8, 4) is 0 Å². The van der Waals surface area contributed by atoms with Crippen LogP contribution in [0.2, 0.25) is 10.0 Å². The molecule has 0 aliphatic rings. The number of anilines is 2. The number of halogens is 2. The second-order valence-corrected chi connectivity index (χ2v) is 5.96. The van der Waals surface area contributed by atoms with Gasteiger partial charge in [0.15, 0.2) is 0 Å². The number of para-hydroxylation sites is 1. The van der Waals surface area contributed by atoms with Gasteiger partial charge in [-0.1, -0.05) is 49.0 Å². The minimum atomic E-state index is -0.301. The van der Waals surface area contributed by atoms with Crippen LogP contribution in [0.25, 0.3) is 0 Å². The van der Waals surface area contributed by atoms with E-state index in [-0.39, 0.29) is 5.91 Å². The third kappa shape index (κ3) is 5.12. The normalized spacial score (nSPS) is 10.4. The lowest BCUT2D eigenvalue weighted by Crippen LogP contribution is -2.13. The van der Waals surface area contributed by atoms with E-state index in [0.717, 1.165) is 18.7 Å². The summed E-state index contributed by atoms with van der Waals surface area (Å²) in [4.78, 5) is 16.5. The Bertz CT molecular complexity index is 656. The van der Waals surface area contributed by atoms with Crippen LogP contribution in [0.5, 0.6) is 0 Å². The first kappa shape index (κ1) is 17.6. The van der Waals surface area contributed by atoms with Crippen LogP contribution in [0.1, 0.15) is 36.5 Å². The van der Waals surface area contributed by atoms with Gasteiger partial charge in [0.1, 0.15) is 0 Å². The van der Waals surface area contributed by atoms with Crippen molar-refractivity contribution < 1.29 is 4.79 Å². The maximum atomic E-state index is 12.4. The van der Waals surface area contributed by atoms with E-state index in [1.165, 1.54) is 19.0 Å². The highest BCUT2D eigenvalue weighted by Gasteiger charge is 2.12. The highest BCUT2D eigenvalue weighted by atomic mass is 35.5. The van der Waals surface area contributed by atoms with E-state index in [0.29, 0.717) is 21.3 Å². The Hall–Kier alpha value is -1.78. The summed E-state index contributed by atoms with van der Waals surface area (Å²) >= 11 is 12.1. The quantitative estimate of drug-likeness (QED) is 0.670. The van der Waals surface area contributed by atoms with Crippen molar-refractivity contribution in [3.05, 3.63) is 52.3 Å². The summed E-state index contributed by atoms with van der Waals surface area (Å²) in [5, 5.41) is 6.79. The van der Waals surface area contributed by atoms with Gasteiger partial charge >= 0.3 is 0 Å². The molecule has 1 aromatic heterocycles. The van der Waals surface area contributed by atoms with E-state index in [4.69, 9.17) is 23.2 Å². The van der Waals surface area contributed by atoms with Crippen LogP contribution in [-0.2, 0) is 0 Å². The Morgan fingerprint density at radius 2 is 1.91 bits per heavy atom. The number of amides is 1. The van der Waals surface area contributed by atoms with Gasteiger partial charge in [0.25, 0.3) is 5.91 Å². The molecule has 23 heavy (non-hydrogen) atoms. The van der Waals surface area contributed by atoms with Gasteiger partial charge in [0, 0.05) is 18.9 Å². The van der Waals surface area contributed by atoms with Gasteiger partial charge < -0.3 is 10.6 Å². The molecule has 2 rings (SSSR count). The number of hydrogen-bond acceptors (Lipinski definition) is 3. The van der Waals surface area contributed by atoms with Crippen molar-refractivity contribution in [1.29, 1.82) is 0 Å². The monoisotopic (exact) mass is 351 g/mol. The minimum absolute atomic E-state index is 0.301. The average Bonchev–Trinajstić information content (AvgIpc) is 2.55. The maximum absolute atomic E-state index is 12.4. The van der Waals surface area contributed by atoms with E-state index in [2.05, 4.69) is 22.5 Å². The lowest BCUT2D eigenvalue weighted by atomic mass is 10.2. The number of unbranched alkanes of at least 4 members (excludes halogenated alkanes) is 2. The molecule has 0 spiro atoms. The molecule has 0 bridgehead atoms. The van der Waals surface area contributed by atoms with E-state index >= 15 is 0 Å². The van der Waals surface area contributed by atoms with Crippen molar-refractivity contribution in [3.63, 3.8) is 0 Å². The van der Waals surface area contributed by atoms with Crippen molar-refractivity contribution in [2.24, 2.45) is 0 Å². The molecular formula is C17H19Cl2N3O. The van der Waals surface area contributed by atoms with Gasteiger partial charge in [-0.25, -0.2) is 0 Å². The maximum Gasteiger partial charge on any atom is 0.257 e. The fourth-order valence-corrected chi connectivity index (χ4v) is 2.56. The molecule has 1 heterocycles. The fourth-order valence-electron chi connectivity index (χ4n) is 2.07. The highest BCUT2D eigenvalue weighted by Crippen LogP contribution is 2.30. The summed E-state index contributed by atoms with van der Waals surface area (Å²) in [6.45, 7) is 3.02. The molecule has 122 valence electrons. The summed E-state index contributed by atoms with van der Waals surface area (Å²) < 4.78 is 0.